The molecule has 0 unspecified atom stereocenters. The molecule has 0 aliphatic rings. The number of aromatic nitrogens is 1. The fourth-order valence-electron chi connectivity index (χ4n) is 1.90. The van der Waals surface area contributed by atoms with Crippen LogP contribution in [0, 0.1) is 0 Å². The van der Waals surface area contributed by atoms with Crippen molar-refractivity contribution in [3.8, 4) is 17.4 Å². The van der Waals surface area contributed by atoms with Crippen LogP contribution in [0.3, 0.4) is 0 Å². The van der Waals surface area contributed by atoms with Gasteiger partial charge in [0.1, 0.15) is 11.5 Å². The second-order valence-corrected chi connectivity index (χ2v) is 4.09. The molecule has 5 heteroatoms. The van der Waals surface area contributed by atoms with E-state index in [0.29, 0.717) is 12.4 Å². The third-order valence-corrected chi connectivity index (χ3v) is 2.92. The minimum Gasteiger partial charge on any atom is -0.497 e. The van der Waals surface area contributed by atoms with E-state index in [1.807, 2.05) is 30.3 Å². The van der Waals surface area contributed by atoms with E-state index < -0.39 is 0 Å². The molecule has 1 aromatic heterocycles. The Hall–Kier alpha value is -2.43. The summed E-state index contributed by atoms with van der Waals surface area (Å²) in [5, 5.41) is 3.28. The van der Waals surface area contributed by atoms with Crippen molar-refractivity contribution in [3.05, 3.63) is 42.1 Å². The first-order valence-electron chi connectivity index (χ1n) is 6.22. The lowest BCUT2D eigenvalue weighted by atomic mass is 10.2. The number of pyridine rings is 1. The standard InChI is InChI=1S/C15H18N2O3/c1-18-12-6-7-14(19-2)11(9-12)10-17-13-5-4-8-16-15(13)20-3/h4-9,17H,10H2,1-3H3. The number of nitrogens with one attached hydrogen (secondary N) is 1. The smallest absolute Gasteiger partial charge is 0.237 e. The molecule has 0 saturated heterocycles. The summed E-state index contributed by atoms with van der Waals surface area (Å²) in [4.78, 5) is 4.15. The van der Waals surface area contributed by atoms with E-state index in [9.17, 15) is 0 Å². The van der Waals surface area contributed by atoms with Crippen LogP contribution in [0.2, 0.25) is 0 Å². The largest absolute Gasteiger partial charge is 0.497 e. The van der Waals surface area contributed by atoms with Gasteiger partial charge in [-0.25, -0.2) is 4.98 Å². The van der Waals surface area contributed by atoms with Gasteiger partial charge in [0, 0.05) is 18.3 Å². The first kappa shape index (κ1) is 14.0. The fraction of sp³-hybridized carbons (Fsp3) is 0.267. The van der Waals surface area contributed by atoms with Crippen molar-refractivity contribution in [3.63, 3.8) is 0 Å². The molecule has 0 atom stereocenters. The highest BCUT2D eigenvalue weighted by Gasteiger charge is 2.07. The summed E-state index contributed by atoms with van der Waals surface area (Å²) < 4.78 is 15.8. The Morgan fingerprint density at radius 3 is 2.60 bits per heavy atom. The highest BCUT2D eigenvalue weighted by atomic mass is 16.5. The van der Waals surface area contributed by atoms with Gasteiger partial charge in [0.15, 0.2) is 0 Å². The number of benzene rings is 1. The van der Waals surface area contributed by atoms with Crippen molar-refractivity contribution in [1.82, 2.24) is 4.98 Å². The van der Waals surface area contributed by atoms with Gasteiger partial charge >= 0.3 is 0 Å². The Kier molecular flexibility index (Phi) is 4.65. The molecule has 0 saturated carbocycles. The lowest BCUT2D eigenvalue weighted by molar-refractivity contribution is 0.397. The average Bonchev–Trinajstić information content (AvgIpc) is 2.52. The molecular weight excluding hydrogens is 256 g/mol. The van der Waals surface area contributed by atoms with Gasteiger partial charge in [0.25, 0.3) is 0 Å². The van der Waals surface area contributed by atoms with Gasteiger partial charge in [-0.1, -0.05) is 0 Å². The normalized spacial score (nSPS) is 9.95. The zero-order valence-corrected chi connectivity index (χ0v) is 11.8. The molecule has 2 aromatic rings. The van der Waals surface area contributed by atoms with Crippen molar-refractivity contribution >= 4 is 5.69 Å². The van der Waals surface area contributed by atoms with Crippen molar-refractivity contribution in [2.75, 3.05) is 26.6 Å². The molecule has 1 aromatic carbocycles. The number of nitrogens with zero attached hydrogens (tertiary/aromatic N) is 1. The third kappa shape index (κ3) is 3.12. The average molecular weight is 274 g/mol. The number of methoxy groups -OCH3 is 3. The molecular formula is C15H18N2O3. The van der Waals surface area contributed by atoms with Crippen molar-refractivity contribution in [1.29, 1.82) is 0 Å². The molecule has 2 rings (SSSR count). The SMILES string of the molecule is COc1ccc(OC)c(CNc2cccnc2OC)c1. The van der Waals surface area contributed by atoms with Gasteiger partial charge in [0.2, 0.25) is 5.88 Å². The molecule has 0 aliphatic heterocycles. The highest BCUT2D eigenvalue weighted by molar-refractivity contribution is 5.53. The molecule has 1 heterocycles. The van der Waals surface area contributed by atoms with Gasteiger partial charge < -0.3 is 19.5 Å². The van der Waals surface area contributed by atoms with Gasteiger partial charge in [0.05, 0.1) is 27.0 Å². The van der Waals surface area contributed by atoms with E-state index in [0.717, 1.165) is 22.7 Å². The molecule has 0 amide bonds. The van der Waals surface area contributed by atoms with Crippen LogP contribution in [0.15, 0.2) is 36.5 Å². The predicted octanol–water partition coefficient (Wildman–Crippen LogP) is 2.72. The van der Waals surface area contributed by atoms with Crippen LogP contribution in [0.25, 0.3) is 0 Å². The maximum atomic E-state index is 5.35. The van der Waals surface area contributed by atoms with Crippen LogP contribution in [0.4, 0.5) is 5.69 Å². The summed E-state index contributed by atoms with van der Waals surface area (Å²) in [7, 11) is 4.89. The van der Waals surface area contributed by atoms with Gasteiger partial charge in [-0.05, 0) is 30.3 Å². The molecule has 0 fully saturated rings. The Labute approximate surface area is 118 Å². The number of hydrogen-bond donors (Lipinski definition) is 1. The molecule has 106 valence electrons. The van der Waals surface area contributed by atoms with E-state index in [1.165, 1.54) is 0 Å². The third-order valence-electron chi connectivity index (χ3n) is 2.92. The molecule has 1 N–H and O–H groups in total. The summed E-state index contributed by atoms with van der Waals surface area (Å²) in [5.41, 5.74) is 1.83. The number of rotatable bonds is 6. The summed E-state index contributed by atoms with van der Waals surface area (Å²) in [6.45, 7) is 0.586. The maximum Gasteiger partial charge on any atom is 0.237 e. The quantitative estimate of drug-likeness (QED) is 0.877. The minimum atomic E-state index is 0.564. The molecule has 0 bridgehead atoms. The Morgan fingerprint density at radius 2 is 1.90 bits per heavy atom. The molecule has 5 nitrogen and oxygen atoms in total. The lowest BCUT2D eigenvalue weighted by Crippen LogP contribution is -2.04. The summed E-state index contributed by atoms with van der Waals surface area (Å²) in [5.74, 6) is 2.16. The fourth-order valence-corrected chi connectivity index (χ4v) is 1.90. The molecule has 0 radical (unpaired) electrons. The summed E-state index contributed by atoms with van der Waals surface area (Å²) >= 11 is 0. The monoisotopic (exact) mass is 274 g/mol. The van der Waals surface area contributed by atoms with E-state index >= 15 is 0 Å². The summed E-state index contributed by atoms with van der Waals surface area (Å²) in [6, 6.07) is 9.46. The first-order chi connectivity index (χ1) is 9.78. The first-order valence-corrected chi connectivity index (χ1v) is 6.22. The van der Waals surface area contributed by atoms with Gasteiger partial charge in [-0.2, -0.15) is 0 Å². The van der Waals surface area contributed by atoms with Crippen molar-refractivity contribution in [2.24, 2.45) is 0 Å². The number of anilines is 1. The van der Waals surface area contributed by atoms with Gasteiger partial charge in [-0.15, -0.1) is 0 Å². The molecule has 0 spiro atoms. The van der Waals surface area contributed by atoms with Crippen molar-refractivity contribution in [2.45, 2.75) is 6.54 Å². The topological polar surface area (TPSA) is 52.6 Å². The Balaban J connectivity index is 2.17. The second kappa shape index (κ2) is 6.65. The maximum absolute atomic E-state index is 5.35. The van der Waals surface area contributed by atoms with Crippen LogP contribution in [-0.4, -0.2) is 26.3 Å². The van der Waals surface area contributed by atoms with Crippen LogP contribution < -0.4 is 19.5 Å². The van der Waals surface area contributed by atoms with Crippen LogP contribution >= 0.6 is 0 Å². The lowest BCUT2D eigenvalue weighted by Gasteiger charge is -2.13. The van der Waals surface area contributed by atoms with Crippen LogP contribution in [0.1, 0.15) is 5.56 Å². The van der Waals surface area contributed by atoms with E-state index in [2.05, 4.69) is 10.3 Å². The van der Waals surface area contributed by atoms with Crippen molar-refractivity contribution < 1.29 is 14.2 Å². The number of hydrogen-bond acceptors (Lipinski definition) is 5. The van der Waals surface area contributed by atoms with Crippen LogP contribution in [0.5, 0.6) is 17.4 Å². The Morgan fingerprint density at radius 1 is 1.05 bits per heavy atom. The molecule has 0 aliphatic carbocycles. The van der Waals surface area contributed by atoms with E-state index in [4.69, 9.17) is 14.2 Å². The van der Waals surface area contributed by atoms with E-state index in [1.54, 1.807) is 27.5 Å². The summed E-state index contributed by atoms with van der Waals surface area (Å²) in [6.07, 6.45) is 1.69. The zero-order valence-electron chi connectivity index (χ0n) is 11.8. The predicted molar refractivity (Wildman–Crippen MR) is 77.7 cm³/mol. The Bertz CT molecular complexity index is 573. The van der Waals surface area contributed by atoms with Gasteiger partial charge in [-0.3, -0.25) is 0 Å². The second-order valence-electron chi connectivity index (χ2n) is 4.09. The zero-order chi connectivity index (χ0) is 14.4. The molecule has 20 heavy (non-hydrogen) atoms. The minimum absolute atomic E-state index is 0.564. The van der Waals surface area contributed by atoms with E-state index in [-0.39, 0.29) is 0 Å². The van der Waals surface area contributed by atoms with Crippen LogP contribution in [-0.2, 0) is 6.54 Å². The number of ether oxygens (including phenoxy) is 3. The highest BCUT2D eigenvalue weighted by Crippen LogP contribution is 2.26.